The number of rotatable bonds is 1. The fraction of sp³-hybridized carbons (Fsp3) is 0.0833. The molecule has 1 N–H and O–H groups in total. The second-order valence-electron chi connectivity index (χ2n) is 2.88. The Balaban J connectivity index is 0.00000112. The molecule has 2 nitrogen and oxygen atoms in total. The summed E-state index contributed by atoms with van der Waals surface area (Å²) in [5.41, 5.74) is 1.43. The maximum atomic E-state index is 9.54. The minimum absolute atomic E-state index is 0. The molecule has 78 valence electrons. The van der Waals surface area contributed by atoms with Crippen LogP contribution in [0.5, 0.6) is 5.75 Å². The summed E-state index contributed by atoms with van der Waals surface area (Å²) in [7, 11) is 0. The molecular weight excluding hydrogens is 210 g/mol. The van der Waals surface area contributed by atoms with Gasteiger partial charge < -0.3 is 5.11 Å². The predicted octanol–water partition coefficient (Wildman–Crippen LogP) is 3.74. The summed E-state index contributed by atoms with van der Waals surface area (Å²) in [6.45, 7) is 0. The van der Waals surface area contributed by atoms with Crippen LogP contribution in [0.3, 0.4) is 0 Å². The third-order valence-electron chi connectivity index (χ3n) is 1.90. The SMILES string of the molecule is C.Oc1cccnc1-c1ccc(Cl)cc1. The Kier molecular flexibility index (Phi) is 3.69. The number of hydrogen-bond acceptors (Lipinski definition) is 2. The van der Waals surface area contributed by atoms with Crippen molar-refractivity contribution >= 4 is 11.6 Å². The summed E-state index contributed by atoms with van der Waals surface area (Å²) < 4.78 is 0. The summed E-state index contributed by atoms with van der Waals surface area (Å²) in [5, 5.41) is 10.2. The molecule has 0 amide bonds. The molecule has 3 heteroatoms. The first-order valence-corrected chi connectivity index (χ1v) is 4.55. The molecule has 1 aromatic heterocycles. The predicted molar refractivity (Wildman–Crippen MR) is 63.1 cm³/mol. The van der Waals surface area contributed by atoms with Crippen molar-refractivity contribution in [2.24, 2.45) is 0 Å². The quantitative estimate of drug-likeness (QED) is 0.796. The van der Waals surface area contributed by atoms with E-state index in [4.69, 9.17) is 11.6 Å². The molecule has 1 aromatic carbocycles. The fourth-order valence-electron chi connectivity index (χ4n) is 1.23. The fourth-order valence-corrected chi connectivity index (χ4v) is 1.35. The van der Waals surface area contributed by atoms with E-state index in [0.29, 0.717) is 10.7 Å². The van der Waals surface area contributed by atoms with Gasteiger partial charge in [0.15, 0.2) is 0 Å². The Labute approximate surface area is 94.2 Å². The van der Waals surface area contributed by atoms with Gasteiger partial charge in [0.25, 0.3) is 0 Å². The zero-order chi connectivity index (χ0) is 9.97. The zero-order valence-electron chi connectivity index (χ0n) is 7.31. The van der Waals surface area contributed by atoms with Crippen LogP contribution in [0.15, 0.2) is 42.6 Å². The lowest BCUT2D eigenvalue weighted by atomic mass is 10.1. The van der Waals surface area contributed by atoms with Crippen LogP contribution in [0, 0.1) is 0 Å². The maximum absolute atomic E-state index is 9.54. The first-order valence-electron chi connectivity index (χ1n) is 4.17. The average Bonchev–Trinajstić information content (AvgIpc) is 2.20. The lowest BCUT2D eigenvalue weighted by Crippen LogP contribution is -1.82. The summed E-state index contributed by atoms with van der Waals surface area (Å²) in [4.78, 5) is 4.09. The van der Waals surface area contributed by atoms with E-state index in [-0.39, 0.29) is 13.2 Å². The third-order valence-corrected chi connectivity index (χ3v) is 2.16. The van der Waals surface area contributed by atoms with Crippen LogP contribution in [0.4, 0.5) is 0 Å². The van der Waals surface area contributed by atoms with Crippen LogP contribution in [0.2, 0.25) is 5.02 Å². The Morgan fingerprint density at radius 1 is 1.07 bits per heavy atom. The third kappa shape index (κ3) is 2.48. The monoisotopic (exact) mass is 221 g/mol. The molecule has 0 saturated carbocycles. The highest BCUT2D eigenvalue weighted by atomic mass is 35.5. The van der Waals surface area contributed by atoms with Crippen molar-refractivity contribution in [3.63, 3.8) is 0 Å². The largest absolute Gasteiger partial charge is 0.506 e. The lowest BCUT2D eigenvalue weighted by molar-refractivity contribution is 0.475. The highest BCUT2D eigenvalue weighted by Gasteiger charge is 2.03. The first kappa shape index (κ1) is 11.5. The molecule has 0 aliphatic rings. The minimum atomic E-state index is 0. The highest BCUT2D eigenvalue weighted by Crippen LogP contribution is 2.26. The molecule has 1 heterocycles. The number of halogens is 1. The minimum Gasteiger partial charge on any atom is -0.506 e. The molecule has 0 saturated heterocycles. The van der Waals surface area contributed by atoms with Crippen molar-refractivity contribution in [2.45, 2.75) is 7.43 Å². The maximum Gasteiger partial charge on any atom is 0.141 e. The molecule has 0 aliphatic heterocycles. The number of benzene rings is 1. The van der Waals surface area contributed by atoms with E-state index in [2.05, 4.69) is 4.98 Å². The van der Waals surface area contributed by atoms with Gasteiger partial charge in [0.05, 0.1) is 0 Å². The Morgan fingerprint density at radius 3 is 2.33 bits per heavy atom. The number of pyridine rings is 1. The summed E-state index contributed by atoms with van der Waals surface area (Å²) in [6.07, 6.45) is 1.64. The van der Waals surface area contributed by atoms with Crippen LogP contribution in [0.1, 0.15) is 7.43 Å². The smallest absolute Gasteiger partial charge is 0.141 e. The Hall–Kier alpha value is -1.54. The Morgan fingerprint density at radius 2 is 1.73 bits per heavy atom. The van der Waals surface area contributed by atoms with Crippen LogP contribution in [0.25, 0.3) is 11.3 Å². The highest BCUT2D eigenvalue weighted by molar-refractivity contribution is 6.30. The molecule has 0 atom stereocenters. The van der Waals surface area contributed by atoms with Crippen LogP contribution >= 0.6 is 11.6 Å². The molecule has 2 aromatic rings. The van der Waals surface area contributed by atoms with Gasteiger partial charge in [-0.25, -0.2) is 0 Å². The first-order chi connectivity index (χ1) is 6.77. The molecule has 0 unspecified atom stereocenters. The van der Waals surface area contributed by atoms with Crippen molar-refractivity contribution in [3.8, 4) is 17.0 Å². The van der Waals surface area contributed by atoms with Gasteiger partial charge in [-0.05, 0) is 24.3 Å². The molecule has 2 rings (SSSR count). The molecule has 0 spiro atoms. The van der Waals surface area contributed by atoms with Crippen molar-refractivity contribution in [3.05, 3.63) is 47.6 Å². The second-order valence-corrected chi connectivity index (χ2v) is 3.31. The van der Waals surface area contributed by atoms with Gasteiger partial charge in [0.1, 0.15) is 11.4 Å². The van der Waals surface area contributed by atoms with E-state index in [0.717, 1.165) is 5.56 Å². The van der Waals surface area contributed by atoms with E-state index < -0.39 is 0 Å². The van der Waals surface area contributed by atoms with Crippen molar-refractivity contribution in [1.82, 2.24) is 4.98 Å². The molecular formula is C12H12ClNO. The van der Waals surface area contributed by atoms with Gasteiger partial charge in [-0.2, -0.15) is 0 Å². The number of hydrogen-bond donors (Lipinski definition) is 1. The Bertz CT molecular complexity index is 440. The molecule has 15 heavy (non-hydrogen) atoms. The zero-order valence-corrected chi connectivity index (χ0v) is 8.07. The number of aromatic hydroxyl groups is 1. The molecule has 0 aliphatic carbocycles. The number of aromatic nitrogens is 1. The van der Waals surface area contributed by atoms with Gasteiger partial charge in [-0.15, -0.1) is 0 Å². The van der Waals surface area contributed by atoms with Gasteiger partial charge in [-0.1, -0.05) is 31.2 Å². The van der Waals surface area contributed by atoms with E-state index in [1.807, 2.05) is 12.1 Å². The van der Waals surface area contributed by atoms with Gasteiger partial charge in [0.2, 0.25) is 0 Å². The molecule has 0 bridgehead atoms. The van der Waals surface area contributed by atoms with E-state index in [1.54, 1.807) is 30.5 Å². The van der Waals surface area contributed by atoms with Crippen LogP contribution in [-0.4, -0.2) is 10.1 Å². The van der Waals surface area contributed by atoms with Crippen LogP contribution < -0.4 is 0 Å². The summed E-state index contributed by atoms with van der Waals surface area (Å²) in [5.74, 6) is 0.176. The van der Waals surface area contributed by atoms with E-state index in [9.17, 15) is 5.11 Å². The topological polar surface area (TPSA) is 33.1 Å². The van der Waals surface area contributed by atoms with Gasteiger partial charge in [0, 0.05) is 16.8 Å². The molecule has 0 radical (unpaired) electrons. The van der Waals surface area contributed by atoms with Gasteiger partial charge in [-0.3, -0.25) is 4.98 Å². The van der Waals surface area contributed by atoms with Crippen molar-refractivity contribution < 1.29 is 5.11 Å². The van der Waals surface area contributed by atoms with Crippen molar-refractivity contribution in [2.75, 3.05) is 0 Å². The lowest BCUT2D eigenvalue weighted by Gasteiger charge is -2.02. The summed E-state index contributed by atoms with van der Waals surface area (Å²) >= 11 is 5.76. The van der Waals surface area contributed by atoms with E-state index >= 15 is 0 Å². The van der Waals surface area contributed by atoms with Gasteiger partial charge >= 0.3 is 0 Å². The van der Waals surface area contributed by atoms with Crippen LogP contribution in [-0.2, 0) is 0 Å². The normalized spacial score (nSPS) is 9.40. The molecule has 0 fully saturated rings. The standard InChI is InChI=1S/C11H8ClNO.CH4/c12-9-5-3-8(4-6-9)11-10(14)2-1-7-13-11;/h1-7,14H;1H4. The number of nitrogens with zero attached hydrogens (tertiary/aromatic N) is 1. The summed E-state index contributed by atoms with van der Waals surface area (Å²) in [6, 6.07) is 10.5. The average molecular weight is 222 g/mol. The second kappa shape index (κ2) is 4.80. The van der Waals surface area contributed by atoms with Crippen molar-refractivity contribution in [1.29, 1.82) is 0 Å². The van der Waals surface area contributed by atoms with E-state index in [1.165, 1.54) is 0 Å².